The molecule has 0 aliphatic carbocycles. The maximum absolute atomic E-state index is 6.10. The van der Waals surface area contributed by atoms with E-state index in [0.29, 0.717) is 0 Å². The quantitative estimate of drug-likeness (QED) is 0.586. The number of hydrogen-bond donors (Lipinski definition) is 1. The third-order valence-electron chi connectivity index (χ3n) is 4.94. The molecular formula is C23H31N3O2. The topological polar surface area (TPSA) is 46.1 Å². The van der Waals surface area contributed by atoms with Gasteiger partial charge in [0.25, 0.3) is 0 Å². The lowest BCUT2D eigenvalue weighted by Crippen LogP contribution is -2.47. The fraction of sp³-hybridized carbons (Fsp3) is 0.435. The van der Waals surface area contributed by atoms with Gasteiger partial charge in [0.15, 0.2) is 5.96 Å². The minimum atomic E-state index is 0.279. The van der Waals surface area contributed by atoms with Crippen molar-refractivity contribution in [3.05, 3.63) is 60.2 Å². The van der Waals surface area contributed by atoms with Gasteiger partial charge in [-0.2, -0.15) is 0 Å². The third-order valence-corrected chi connectivity index (χ3v) is 4.94. The van der Waals surface area contributed by atoms with Gasteiger partial charge in [0.2, 0.25) is 0 Å². The Bertz CT molecular complexity index is 723. The monoisotopic (exact) mass is 381 g/mol. The zero-order valence-electron chi connectivity index (χ0n) is 16.9. The van der Waals surface area contributed by atoms with Gasteiger partial charge < -0.3 is 19.7 Å². The van der Waals surface area contributed by atoms with Gasteiger partial charge in [-0.15, -0.1) is 0 Å². The van der Waals surface area contributed by atoms with Gasteiger partial charge >= 0.3 is 0 Å². The number of piperidine rings is 1. The number of rotatable bonds is 7. The van der Waals surface area contributed by atoms with E-state index in [1.54, 1.807) is 7.11 Å². The van der Waals surface area contributed by atoms with Gasteiger partial charge in [-0.1, -0.05) is 30.3 Å². The average molecular weight is 382 g/mol. The first-order valence-electron chi connectivity index (χ1n) is 10.2. The van der Waals surface area contributed by atoms with Gasteiger partial charge in [0.1, 0.15) is 17.6 Å². The van der Waals surface area contributed by atoms with Crippen molar-refractivity contribution in [2.45, 2.75) is 32.3 Å². The first-order valence-corrected chi connectivity index (χ1v) is 10.2. The summed E-state index contributed by atoms with van der Waals surface area (Å²) < 4.78 is 11.3. The third kappa shape index (κ3) is 5.91. The highest BCUT2D eigenvalue weighted by Gasteiger charge is 2.22. The van der Waals surface area contributed by atoms with E-state index in [4.69, 9.17) is 14.5 Å². The standard InChI is InChI=1S/C23H31N3O2/c1-3-24-23(25-16-13-19-9-11-20(27-2)12-10-19)26-17-14-22(15-18-26)28-21-7-5-4-6-8-21/h4-12,22H,3,13-18H2,1-2H3,(H,24,25). The lowest BCUT2D eigenvalue weighted by Gasteiger charge is -2.34. The van der Waals surface area contributed by atoms with Crippen LogP contribution in [0, 0.1) is 0 Å². The van der Waals surface area contributed by atoms with E-state index >= 15 is 0 Å². The molecule has 28 heavy (non-hydrogen) atoms. The maximum Gasteiger partial charge on any atom is 0.193 e. The molecule has 2 aromatic rings. The minimum absolute atomic E-state index is 0.279. The fourth-order valence-corrected chi connectivity index (χ4v) is 3.39. The van der Waals surface area contributed by atoms with Gasteiger partial charge in [-0.3, -0.25) is 4.99 Å². The molecule has 1 saturated heterocycles. The molecule has 3 rings (SSSR count). The van der Waals surface area contributed by atoms with Gasteiger partial charge in [-0.05, 0) is 43.2 Å². The van der Waals surface area contributed by atoms with Crippen LogP contribution in [-0.4, -0.2) is 50.3 Å². The molecular weight excluding hydrogens is 350 g/mol. The summed E-state index contributed by atoms with van der Waals surface area (Å²) in [6.07, 6.45) is 3.23. The molecule has 0 unspecified atom stereocenters. The van der Waals surface area contributed by atoms with E-state index in [-0.39, 0.29) is 6.10 Å². The number of benzene rings is 2. The zero-order valence-corrected chi connectivity index (χ0v) is 16.9. The Balaban J connectivity index is 1.49. The Hall–Kier alpha value is -2.69. The molecule has 0 amide bonds. The molecule has 0 spiro atoms. The second-order valence-electron chi connectivity index (χ2n) is 6.95. The number of aliphatic imine (C=N–C) groups is 1. The van der Waals surface area contributed by atoms with Crippen molar-refractivity contribution in [1.82, 2.24) is 10.2 Å². The average Bonchev–Trinajstić information content (AvgIpc) is 2.75. The number of ether oxygens (including phenoxy) is 2. The second kappa shape index (κ2) is 10.6. The number of nitrogens with zero attached hydrogens (tertiary/aromatic N) is 2. The van der Waals surface area contributed by atoms with Crippen LogP contribution in [0.1, 0.15) is 25.3 Å². The largest absolute Gasteiger partial charge is 0.497 e. The minimum Gasteiger partial charge on any atom is -0.497 e. The number of para-hydroxylation sites is 1. The molecule has 1 heterocycles. The first kappa shape index (κ1) is 20.1. The predicted molar refractivity (Wildman–Crippen MR) is 114 cm³/mol. The lowest BCUT2D eigenvalue weighted by molar-refractivity contribution is 0.129. The van der Waals surface area contributed by atoms with Gasteiger partial charge in [0, 0.05) is 39.0 Å². The zero-order chi connectivity index (χ0) is 19.6. The van der Waals surface area contributed by atoms with Gasteiger partial charge in [0.05, 0.1) is 7.11 Å². The highest BCUT2D eigenvalue weighted by Crippen LogP contribution is 2.19. The van der Waals surface area contributed by atoms with Crippen molar-refractivity contribution in [2.24, 2.45) is 4.99 Å². The van der Waals surface area contributed by atoms with Crippen LogP contribution in [0.5, 0.6) is 11.5 Å². The molecule has 0 bridgehead atoms. The summed E-state index contributed by atoms with van der Waals surface area (Å²) in [6.45, 7) is 5.69. The molecule has 0 radical (unpaired) electrons. The van der Waals surface area contributed by atoms with Crippen LogP contribution in [0.15, 0.2) is 59.6 Å². The van der Waals surface area contributed by atoms with Crippen LogP contribution in [0.2, 0.25) is 0 Å². The Morgan fingerprint density at radius 1 is 1.04 bits per heavy atom. The van der Waals surface area contributed by atoms with E-state index in [9.17, 15) is 0 Å². The van der Waals surface area contributed by atoms with Crippen LogP contribution in [-0.2, 0) is 6.42 Å². The summed E-state index contributed by atoms with van der Waals surface area (Å²) in [5, 5.41) is 3.44. The number of hydrogen-bond acceptors (Lipinski definition) is 3. The molecule has 2 aromatic carbocycles. The van der Waals surface area contributed by atoms with Crippen molar-refractivity contribution in [3.8, 4) is 11.5 Å². The SMILES string of the molecule is CCNC(=NCCc1ccc(OC)cc1)N1CCC(Oc2ccccc2)CC1. The number of methoxy groups -OCH3 is 1. The Morgan fingerprint density at radius 3 is 2.39 bits per heavy atom. The number of nitrogens with one attached hydrogen (secondary N) is 1. The van der Waals surface area contributed by atoms with Crippen molar-refractivity contribution in [2.75, 3.05) is 33.3 Å². The smallest absolute Gasteiger partial charge is 0.193 e. The van der Waals surface area contributed by atoms with E-state index in [2.05, 4.69) is 29.3 Å². The van der Waals surface area contributed by atoms with Crippen molar-refractivity contribution >= 4 is 5.96 Å². The molecule has 0 saturated carbocycles. The summed E-state index contributed by atoms with van der Waals surface area (Å²) in [7, 11) is 1.69. The van der Waals surface area contributed by atoms with E-state index < -0.39 is 0 Å². The van der Waals surface area contributed by atoms with E-state index in [1.807, 2.05) is 42.5 Å². The molecule has 1 fully saturated rings. The molecule has 5 heteroatoms. The van der Waals surface area contributed by atoms with Crippen LogP contribution in [0.4, 0.5) is 0 Å². The Kier molecular flexibility index (Phi) is 7.59. The highest BCUT2D eigenvalue weighted by molar-refractivity contribution is 5.80. The summed E-state index contributed by atoms with van der Waals surface area (Å²) in [5.74, 6) is 2.86. The van der Waals surface area contributed by atoms with Gasteiger partial charge in [-0.25, -0.2) is 0 Å². The lowest BCUT2D eigenvalue weighted by atomic mass is 10.1. The molecule has 1 aliphatic heterocycles. The fourth-order valence-electron chi connectivity index (χ4n) is 3.39. The predicted octanol–water partition coefficient (Wildman–Crippen LogP) is 3.75. The highest BCUT2D eigenvalue weighted by atomic mass is 16.5. The summed E-state index contributed by atoms with van der Waals surface area (Å²) >= 11 is 0. The number of guanidine groups is 1. The summed E-state index contributed by atoms with van der Waals surface area (Å²) in [4.78, 5) is 7.19. The molecule has 150 valence electrons. The van der Waals surface area contributed by atoms with Crippen LogP contribution < -0.4 is 14.8 Å². The molecule has 1 aliphatic rings. The molecule has 5 nitrogen and oxygen atoms in total. The van der Waals surface area contributed by atoms with Crippen LogP contribution in [0.3, 0.4) is 0 Å². The second-order valence-corrected chi connectivity index (χ2v) is 6.95. The number of likely N-dealkylation sites (tertiary alicyclic amines) is 1. The molecule has 0 atom stereocenters. The van der Waals surface area contributed by atoms with E-state index in [0.717, 1.165) is 62.9 Å². The normalized spacial score (nSPS) is 15.4. The van der Waals surface area contributed by atoms with Crippen molar-refractivity contribution < 1.29 is 9.47 Å². The van der Waals surface area contributed by atoms with Crippen LogP contribution in [0.25, 0.3) is 0 Å². The molecule has 0 aromatic heterocycles. The first-order chi connectivity index (χ1) is 13.8. The van der Waals surface area contributed by atoms with E-state index in [1.165, 1.54) is 5.56 Å². The Labute approximate surface area is 168 Å². The van der Waals surface area contributed by atoms with Crippen molar-refractivity contribution in [3.63, 3.8) is 0 Å². The summed E-state index contributed by atoms with van der Waals surface area (Å²) in [5.41, 5.74) is 1.27. The van der Waals surface area contributed by atoms with Crippen LogP contribution >= 0.6 is 0 Å². The summed E-state index contributed by atoms with van der Waals surface area (Å²) in [6, 6.07) is 18.3. The Morgan fingerprint density at radius 2 is 1.75 bits per heavy atom. The van der Waals surface area contributed by atoms with Crippen molar-refractivity contribution in [1.29, 1.82) is 0 Å². The maximum atomic E-state index is 6.10. The molecule has 1 N–H and O–H groups in total.